The lowest BCUT2D eigenvalue weighted by atomic mass is 9.70. The van der Waals surface area contributed by atoms with Crippen LogP contribution in [0.4, 0.5) is 0 Å². The van der Waals surface area contributed by atoms with E-state index in [1.165, 1.54) is 26.1 Å². The summed E-state index contributed by atoms with van der Waals surface area (Å²) in [6.07, 6.45) is 7.59. The minimum absolute atomic E-state index is 0.0350. The van der Waals surface area contributed by atoms with Crippen LogP contribution >= 0.6 is 0 Å². The van der Waals surface area contributed by atoms with Gasteiger partial charge in [-0.2, -0.15) is 12.7 Å². The molecule has 2 unspecified atom stereocenters. The molecule has 4 saturated carbocycles. The third-order valence-electron chi connectivity index (χ3n) is 14.0. The minimum Gasteiger partial charge on any atom is -0.497 e. The fourth-order valence-corrected chi connectivity index (χ4v) is 11.1. The molecule has 10 nitrogen and oxygen atoms in total. The van der Waals surface area contributed by atoms with Crippen LogP contribution in [0.15, 0.2) is 36.4 Å². The number of fused-ring (bicyclic) bond motifs is 9. The largest absolute Gasteiger partial charge is 0.497 e. The number of hydrogen-bond acceptors (Lipinski definition) is 6. The van der Waals surface area contributed by atoms with Crippen LogP contribution in [0.3, 0.4) is 0 Å². The second-order valence-corrected chi connectivity index (χ2v) is 18.6. The molecule has 50 heavy (non-hydrogen) atoms. The number of amides is 2. The van der Waals surface area contributed by atoms with Crippen LogP contribution in [0.25, 0.3) is 22.2 Å². The Bertz CT molecular complexity index is 2030. The molecule has 2 amide bonds. The molecule has 4 fully saturated rings. The normalized spacial score (nSPS) is 31.1. The molecule has 1 aromatic heterocycles. The molecule has 8 rings (SSSR count). The minimum atomic E-state index is -3.99. The average Bonchev–Trinajstić information content (AvgIpc) is 3.66. The number of aliphatic hydroxyl groups is 1. The quantitative estimate of drug-likeness (QED) is 0.290. The van der Waals surface area contributed by atoms with Gasteiger partial charge in [-0.25, -0.2) is 4.72 Å². The molecule has 11 heteroatoms. The van der Waals surface area contributed by atoms with Crippen LogP contribution in [-0.4, -0.2) is 67.6 Å². The number of ether oxygens (including phenoxy) is 1. The van der Waals surface area contributed by atoms with Crippen molar-refractivity contribution in [2.24, 2.45) is 22.2 Å². The number of hydrogen-bond donors (Lipinski definition) is 3. The highest BCUT2D eigenvalue weighted by molar-refractivity contribution is 7.87. The van der Waals surface area contributed by atoms with E-state index in [0.717, 1.165) is 76.3 Å². The van der Waals surface area contributed by atoms with Crippen molar-refractivity contribution < 1.29 is 27.9 Å². The highest BCUT2D eigenvalue weighted by Gasteiger charge is 2.68. The summed E-state index contributed by atoms with van der Waals surface area (Å²) in [5, 5.41) is 16.1. The predicted molar refractivity (Wildman–Crippen MR) is 192 cm³/mol. The van der Waals surface area contributed by atoms with Gasteiger partial charge in [-0.3, -0.25) is 9.59 Å². The van der Waals surface area contributed by atoms with Crippen molar-refractivity contribution in [2.45, 2.75) is 103 Å². The summed E-state index contributed by atoms with van der Waals surface area (Å²) in [5.41, 5.74) is 4.45. The molecular formula is C39H50N4O6S. The Morgan fingerprint density at radius 2 is 1.76 bits per heavy atom. The first-order chi connectivity index (χ1) is 23.6. The van der Waals surface area contributed by atoms with E-state index in [1.54, 1.807) is 19.2 Å². The van der Waals surface area contributed by atoms with Gasteiger partial charge in [-0.15, -0.1) is 0 Å². The highest BCUT2D eigenvalue weighted by atomic mass is 32.2. The number of benzene rings is 2. The molecule has 0 saturated heterocycles. The fourth-order valence-electron chi connectivity index (χ4n) is 10.5. The number of nitrogens with one attached hydrogen (secondary N) is 2. The Kier molecular flexibility index (Phi) is 7.62. The van der Waals surface area contributed by atoms with Gasteiger partial charge >= 0.3 is 10.2 Å². The lowest BCUT2D eigenvalue weighted by molar-refractivity contribution is -0.129. The molecule has 4 aliphatic carbocycles. The van der Waals surface area contributed by atoms with Gasteiger partial charge in [0.1, 0.15) is 5.75 Å². The first-order valence-corrected chi connectivity index (χ1v) is 19.7. The van der Waals surface area contributed by atoms with E-state index in [0.29, 0.717) is 18.9 Å². The lowest BCUT2D eigenvalue weighted by Crippen LogP contribution is -2.51. The molecule has 2 heterocycles. The molecule has 6 atom stereocenters. The van der Waals surface area contributed by atoms with Gasteiger partial charge in [-0.1, -0.05) is 46.1 Å². The van der Waals surface area contributed by atoms with Crippen molar-refractivity contribution in [2.75, 3.05) is 21.2 Å². The van der Waals surface area contributed by atoms with Crippen molar-refractivity contribution in [3.8, 4) is 17.0 Å². The van der Waals surface area contributed by atoms with E-state index in [-0.39, 0.29) is 40.2 Å². The predicted octanol–water partition coefficient (Wildman–Crippen LogP) is 5.69. The van der Waals surface area contributed by atoms with Crippen molar-refractivity contribution in [1.29, 1.82) is 0 Å². The maximum atomic E-state index is 14.8. The number of carbonyl (C=O) groups is 2. The van der Waals surface area contributed by atoms with Gasteiger partial charge in [-0.05, 0) is 90.8 Å². The third kappa shape index (κ3) is 4.68. The summed E-state index contributed by atoms with van der Waals surface area (Å²) in [4.78, 5) is 28.2. The monoisotopic (exact) mass is 702 g/mol. The van der Waals surface area contributed by atoms with Gasteiger partial charge < -0.3 is 19.7 Å². The Balaban J connectivity index is 1.28. The van der Waals surface area contributed by atoms with E-state index in [4.69, 9.17) is 4.74 Å². The number of carbonyl (C=O) groups excluding carboxylic acids is 2. The highest BCUT2D eigenvalue weighted by Crippen LogP contribution is 2.68. The van der Waals surface area contributed by atoms with Gasteiger partial charge in [0.2, 0.25) is 5.91 Å². The molecule has 0 spiro atoms. The third-order valence-corrected chi connectivity index (χ3v) is 15.4. The second-order valence-electron chi connectivity index (χ2n) is 16.7. The Morgan fingerprint density at radius 1 is 1.02 bits per heavy atom. The molecule has 3 N–H and O–H groups in total. The Labute approximate surface area is 295 Å². The molecule has 2 aromatic carbocycles. The maximum Gasteiger partial charge on any atom is 0.303 e. The van der Waals surface area contributed by atoms with Crippen molar-refractivity contribution in [3.63, 3.8) is 0 Å². The molecule has 268 valence electrons. The summed E-state index contributed by atoms with van der Waals surface area (Å²) in [5.74, 6) is 0.474. The van der Waals surface area contributed by atoms with Crippen molar-refractivity contribution in [3.05, 3.63) is 53.1 Å². The Morgan fingerprint density at radius 3 is 2.42 bits per heavy atom. The number of methoxy groups -OCH3 is 1. The Hall–Kier alpha value is -3.41. The standard InChI is InChI=1S/C39H50N4O6S/c1-37(2)28-16-17-38(37,3)34(44)32(28)40-36(46)39-20-29(39)27-19-24(49-6)13-15-25(27)33-31(22-10-8-7-9-11-22)26-14-12-23(18-30(26)43(33)21-39)35(45)41-50(47,48)42(4)5/h12-15,18-19,22,28-29,32,34,44H,7-11,16-17,20-21H2,1-6H3,(H,40,46)(H,41,45)/t28?,29-,32+,34+,38?,39-/m0/s1. The number of nitrogens with zero attached hydrogens (tertiary/aromatic N) is 2. The van der Waals surface area contributed by atoms with E-state index < -0.39 is 27.6 Å². The van der Waals surface area contributed by atoms with Crippen molar-refractivity contribution >= 4 is 32.9 Å². The van der Waals surface area contributed by atoms with Crippen LogP contribution in [0, 0.1) is 22.2 Å². The summed E-state index contributed by atoms with van der Waals surface area (Å²) >= 11 is 0. The van der Waals surface area contributed by atoms with Crippen LogP contribution in [0.1, 0.15) is 105 Å². The van der Waals surface area contributed by atoms with Gasteiger partial charge in [0.25, 0.3) is 5.91 Å². The SMILES string of the molecule is COc1ccc2c(c1)[C@@H]1C[C@]1(C(=O)N[C@@H]1C3CCC(C)([C@@H]1O)C3(C)C)Cn1c-2c(C2CCCCC2)c2ccc(C(=O)NS(=O)(=O)N(C)C)cc21. The zero-order chi connectivity index (χ0) is 35.5. The van der Waals surface area contributed by atoms with Crippen LogP contribution in [-0.2, 0) is 21.5 Å². The van der Waals surface area contributed by atoms with Gasteiger partial charge in [0.15, 0.2) is 0 Å². The molecule has 5 aliphatic rings. The number of aliphatic hydroxyl groups excluding tert-OH is 1. The smallest absolute Gasteiger partial charge is 0.303 e. The molecule has 3 aromatic rings. The zero-order valence-electron chi connectivity index (χ0n) is 30.0. The summed E-state index contributed by atoms with van der Waals surface area (Å²) < 4.78 is 36.4. The summed E-state index contributed by atoms with van der Waals surface area (Å²) in [7, 11) is 0.424. The van der Waals surface area contributed by atoms with E-state index in [1.807, 2.05) is 12.1 Å². The number of aromatic nitrogens is 1. The average molecular weight is 703 g/mol. The van der Waals surface area contributed by atoms with Crippen molar-refractivity contribution in [1.82, 2.24) is 18.9 Å². The molecular weight excluding hydrogens is 653 g/mol. The molecule has 1 aliphatic heterocycles. The van der Waals surface area contributed by atoms with E-state index in [9.17, 15) is 23.1 Å². The molecule has 0 radical (unpaired) electrons. The lowest BCUT2D eigenvalue weighted by Gasteiger charge is -2.37. The van der Waals surface area contributed by atoms with Crippen LogP contribution in [0.2, 0.25) is 0 Å². The first kappa shape index (κ1) is 33.7. The molecule has 2 bridgehead atoms. The maximum absolute atomic E-state index is 14.8. The zero-order valence-corrected chi connectivity index (χ0v) is 30.8. The number of rotatable bonds is 7. The van der Waals surface area contributed by atoms with Gasteiger partial charge in [0, 0.05) is 54.0 Å². The first-order valence-electron chi connectivity index (χ1n) is 18.2. The summed E-state index contributed by atoms with van der Waals surface area (Å²) in [6.45, 7) is 7.04. The topological polar surface area (TPSA) is 130 Å². The van der Waals surface area contributed by atoms with Crippen LogP contribution in [0.5, 0.6) is 5.75 Å². The second kappa shape index (κ2) is 11.3. The fraction of sp³-hybridized carbons (Fsp3) is 0.590. The van der Waals surface area contributed by atoms with Gasteiger partial charge in [0.05, 0.1) is 30.4 Å². The van der Waals surface area contributed by atoms with E-state index in [2.05, 4.69) is 47.5 Å². The van der Waals surface area contributed by atoms with Crippen LogP contribution < -0.4 is 14.8 Å². The summed E-state index contributed by atoms with van der Waals surface area (Å²) in [6, 6.07) is 11.4. The van der Waals surface area contributed by atoms with E-state index >= 15 is 0 Å².